The zero-order chi connectivity index (χ0) is 14.7. The van der Waals surface area contributed by atoms with Crippen molar-refractivity contribution in [3.8, 4) is 0 Å². The minimum absolute atomic E-state index is 0.325. The van der Waals surface area contributed by atoms with E-state index in [0.717, 1.165) is 17.9 Å². The summed E-state index contributed by atoms with van der Waals surface area (Å²) >= 11 is 12.0. The molecule has 1 aliphatic carbocycles. The predicted molar refractivity (Wildman–Crippen MR) is 84.2 cm³/mol. The number of aromatic nitrogens is 1. The zero-order valence-electron chi connectivity index (χ0n) is 12.4. The summed E-state index contributed by atoms with van der Waals surface area (Å²) in [5.41, 5.74) is 0.914. The Hall–Kier alpha value is -0.310. The quantitative estimate of drug-likeness (QED) is 0.697. The zero-order valence-corrected chi connectivity index (χ0v) is 13.9. The Morgan fingerprint density at radius 1 is 1.35 bits per heavy atom. The summed E-state index contributed by atoms with van der Waals surface area (Å²) in [6, 6.07) is 1.67. The lowest BCUT2D eigenvalue weighted by atomic mass is 9.75. The molecule has 0 N–H and O–H groups in total. The van der Waals surface area contributed by atoms with Gasteiger partial charge in [0.25, 0.3) is 0 Å². The fourth-order valence-corrected chi connectivity index (χ4v) is 3.47. The number of nitrogens with zero attached hydrogens (tertiary/aromatic N) is 1. The van der Waals surface area contributed by atoms with E-state index in [2.05, 4.69) is 25.8 Å². The molecule has 1 saturated carbocycles. The van der Waals surface area contributed by atoms with Gasteiger partial charge in [-0.05, 0) is 36.7 Å². The first kappa shape index (κ1) is 16.1. The molecule has 3 unspecified atom stereocenters. The van der Waals surface area contributed by atoms with Crippen LogP contribution in [0.1, 0.15) is 45.6 Å². The molecule has 3 atom stereocenters. The van der Waals surface area contributed by atoms with Crippen molar-refractivity contribution in [2.75, 3.05) is 0 Å². The Morgan fingerprint density at radius 3 is 2.75 bits per heavy atom. The first-order valence-electron chi connectivity index (χ1n) is 7.39. The van der Waals surface area contributed by atoms with Gasteiger partial charge in [-0.1, -0.05) is 50.4 Å². The largest absolute Gasteiger partial charge is 0.373 e. The van der Waals surface area contributed by atoms with Gasteiger partial charge in [-0.15, -0.1) is 0 Å². The van der Waals surface area contributed by atoms with Gasteiger partial charge in [0.2, 0.25) is 0 Å². The summed E-state index contributed by atoms with van der Waals surface area (Å²) in [7, 11) is 0. The molecule has 4 heteroatoms. The van der Waals surface area contributed by atoms with E-state index < -0.39 is 0 Å². The van der Waals surface area contributed by atoms with Crippen LogP contribution < -0.4 is 0 Å². The molecule has 0 saturated heterocycles. The highest BCUT2D eigenvalue weighted by atomic mass is 35.5. The van der Waals surface area contributed by atoms with Gasteiger partial charge in [0.05, 0.1) is 17.7 Å². The highest BCUT2D eigenvalue weighted by molar-refractivity contribution is 6.34. The maximum absolute atomic E-state index is 6.17. The van der Waals surface area contributed by atoms with Crippen LogP contribution in [0.25, 0.3) is 0 Å². The van der Waals surface area contributed by atoms with Gasteiger partial charge in [-0.2, -0.15) is 0 Å². The Labute approximate surface area is 131 Å². The van der Waals surface area contributed by atoms with E-state index in [9.17, 15) is 0 Å². The van der Waals surface area contributed by atoms with Crippen LogP contribution in [0, 0.1) is 17.8 Å². The van der Waals surface area contributed by atoms with E-state index in [1.807, 2.05) is 0 Å². The average molecular weight is 316 g/mol. The fraction of sp³-hybridized carbons (Fsp3) is 0.688. The molecule has 0 bridgehead atoms. The number of pyridine rings is 1. The van der Waals surface area contributed by atoms with E-state index in [0.29, 0.717) is 34.7 Å². The van der Waals surface area contributed by atoms with Crippen molar-refractivity contribution in [2.45, 2.75) is 52.7 Å². The number of halogens is 2. The molecular weight excluding hydrogens is 293 g/mol. The van der Waals surface area contributed by atoms with Crippen LogP contribution in [0.2, 0.25) is 10.2 Å². The van der Waals surface area contributed by atoms with Crippen LogP contribution in [0.5, 0.6) is 0 Å². The lowest BCUT2D eigenvalue weighted by molar-refractivity contribution is -0.0473. The minimum atomic E-state index is 0.325. The van der Waals surface area contributed by atoms with Crippen LogP contribution in [-0.2, 0) is 11.3 Å². The van der Waals surface area contributed by atoms with Crippen LogP contribution in [0.15, 0.2) is 12.3 Å². The van der Waals surface area contributed by atoms with Crippen molar-refractivity contribution < 1.29 is 4.74 Å². The van der Waals surface area contributed by atoms with Crippen molar-refractivity contribution in [2.24, 2.45) is 17.8 Å². The first-order chi connectivity index (χ1) is 9.47. The summed E-state index contributed by atoms with van der Waals surface area (Å²) < 4.78 is 6.17. The molecule has 1 aliphatic rings. The molecule has 112 valence electrons. The summed E-state index contributed by atoms with van der Waals surface area (Å²) in [5.74, 6) is 2.05. The molecule has 0 radical (unpaired) electrons. The number of ether oxygens (including phenoxy) is 1. The van der Waals surface area contributed by atoms with Crippen molar-refractivity contribution in [1.29, 1.82) is 0 Å². The van der Waals surface area contributed by atoms with E-state index >= 15 is 0 Å². The Morgan fingerprint density at radius 2 is 2.10 bits per heavy atom. The lowest BCUT2D eigenvalue weighted by Crippen LogP contribution is -2.34. The molecule has 20 heavy (non-hydrogen) atoms. The molecule has 2 nitrogen and oxygen atoms in total. The van der Waals surface area contributed by atoms with Gasteiger partial charge < -0.3 is 4.74 Å². The van der Waals surface area contributed by atoms with Crippen molar-refractivity contribution in [3.05, 3.63) is 28.0 Å². The Balaban J connectivity index is 2.00. The molecule has 1 fully saturated rings. The van der Waals surface area contributed by atoms with Crippen LogP contribution >= 0.6 is 23.2 Å². The van der Waals surface area contributed by atoms with Gasteiger partial charge in [-0.3, -0.25) is 0 Å². The van der Waals surface area contributed by atoms with E-state index in [4.69, 9.17) is 27.9 Å². The highest BCUT2D eigenvalue weighted by Crippen LogP contribution is 2.36. The minimum Gasteiger partial charge on any atom is -0.373 e. The Bertz CT molecular complexity index is 450. The standard InChI is InChI=1S/C16H23Cl2NO/c1-10(2)13-5-4-11(3)6-15(13)20-9-12-8-19-16(18)7-14(12)17/h7-8,10-11,13,15H,4-6,9H2,1-3H3. The summed E-state index contributed by atoms with van der Waals surface area (Å²) in [6.45, 7) is 7.40. The molecule has 1 aromatic rings. The smallest absolute Gasteiger partial charge is 0.130 e. The van der Waals surface area contributed by atoms with Gasteiger partial charge in [0.1, 0.15) is 5.15 Å². The van der Waals surface area contributed by atoms with Gasteiger partial charge in [0, 0.05) is 11.8 Å². The maximum Gasteiger partial charge on any atom is 0.130 e. The molecule has 2 rings (SSSR count). The second-order valence-electron chi connectivity index (χ2n) is 6.27. The number of hydrogen-bond donors (Lipinski definition) is 0. The molecule has 0 amide bonds. The first-order valence-corrected chi connectivity index (χ1v) is 8.14. The van der Waals surface area contributed by atoms with Crippen molar-refractivity contribution in [3.63, 3.8) is 0 Å². The van der Waals surface area contributed by atoms with E-state index in [1.54, 1.807) is 12.3 Å². The summed E-state index contributed by atoms with van der Waals surface area (Å²) in [5, 5.41) is 1.06. The van der Waals surface area contributed by atoms with Crippen LogP contribution in [0.4, 0.5) is 0 Å². The molecular formula is C16H23Cl2NO. The topological polar surface area (TPSA) is 22.1 Å². The van der Waals surface area contributed by atoms with E-state index in [1.165, 1.54) is 12.8 Å². The molecule has 1 aromatic heterocycles. The van der Waals surface area contributed by atoms with Gasteiger partial charge in [0.15, 0.2) is 0 Å². The molecule has 0 aromatic carbocycles. The lowest BCUT2D eigenvalue weighted by Gasteiger charge is -2.37. The molecule has 1 heterocycles. The van der Waals surface area contributed by atoms with E-state index in [-0.39, 0.29) is 0 Å². The third-order valence-electron chi connectivity index (χ3n) is 4.31. The molecule has 0 spiro atoms. The second kappa shape index (κ2) is 7.11. The van der Waals surface area contributed by atoms with Crippen LogP contribution in [0.3, 0.4) is 0 Å². The Kier molecular flexibility index (Phi) is 5.71. The summed E-state index contributed by atoms with van der Waals surface area (Å²) in [4.78, 5) is 4.07. The summed E-state index contributed by atoms with van der Waals surface area (Å²) in [6.07, 6.45) is 5.75. The third kappa shape index (κ3) is 4.09. The maximum atomic E-state index is 6.17. The van der Waals surface area contributed by atoms with Crippen molar-refractivity contribution in [1.82, 2.24) is 4.98 Å². The average Bonchev–Trinajstić information content (AvgIpc) is 2.37. The SMILES string of the molecule is CC1CCC(C(C)C)C(OCc2cnc(Cl)cc2Cl)C1. The monoisotopic (exact) mass is 315 g/mol. The third-order valence-corrected chi connectivity index (χ3v) is 4.87. The van der Waals surface area contributed by atoms with Gasteiger partial charge >= 0.3 is 0 Å². The van der Waals surface area contributed by atoms with Crippen LogP contribution in [-0.4, -0.2) is 11.1 Å². The number of rotatable bonds is 4. The second-order valence-corrected chi connectivity index (χ2v) is 7.07. The van der Waals surface area contributed by atoms with Crippen molar-refractivity contribution >= 4 is 23.2 Å². The normalized spacial score (nSPS) is 27.0. The molecule has 0 aliphatic heterocycles. The predicted octanol–water partition coefficient (Wildman–Crippen LogP) is 5.37. The van der Waals surface area contributed by atoms with Gasteiger partial charge in [-0.25, -0.2) is 4.98 Å². The number of hydrogen-bond acceptors (Lipinski definition) is 2. The fourth-order valence-electron chi connectivity index (χ4n) is 3.05. The highest BCUT2D eigenvalue weighted by Gasteiger charge is 2.31.